The van der Waals surface area contributed by atoms with Crippen LogP contribution in [-0.2, 0) is 10.0 Å². The Bertz CT molecular complexity index is 1330. The number of benzene rings is 2. The van der Waals surface area contributed by atoms with Crippen LogP contribution < -0.4 is 4.72 Å². The van der Waals surface area contributed by atoms with Gasteiger partial charge in [-0.3, -0.25) is 9.52 Å². The van der Waals surface area contributed by atoms with Crippen molar-refractivity contribution in [3.63, 3.8) is 0 Å². The molecule has 1 N–H and O–H groups in total. The van der Waals surface area contributed by atoms with Crippen LogP contribution in [0.5, 0.6) is 0 Å². The minimum Gasteiger partial charge on any atom is -0.293 e. The lowest BCUT2D eigenvalue weighted by Gasteiger charge is -2.11. The highest BCUT2D eigenvalue weighted by Gasteiger charge is 2.20. The number of aromatic nitrogens is 2. The number of rotatable bonds is 7. The van der Waals surface area contributed by atoms with Crippen LogP contribution in [0, 0.1) is 0 Å². The van der Waals surface area contributed by atoms with Crippen LogP contribution in [0.1, 0.15) is 17.3 Å². The maximum atomic E-state index is 12.9. The van der Waals surface area contributed by atoms with Crippen LogP contribution in [0.2, 0.25) is 0 Å². The highest BCUT2D eigenvalue weighted by Crippen LogP contribution is 2.37. The van der Waals surface area contributed by atoms with E-state index in [1.54, 1.807) is 35.6 Å². The number of hydrogen-bond acceptors (Lipinski definition) is 7. The predicted octanol–water partition coefficient (Wildman–Crippen LogP) is 5.09. The van der Waals surface area contributed by atoms with Gasteiger partial charge in [0.2, 0.25) is 10.0 Å². The van der Waals surface area contributed by atoms with E-state index >= 15 is 0 Å². The normalized spacial score (nSPS) is 12.6. The molecule has 1 unspecified atom stereocenters. The fourth-order valence-corrected chi connectivity index (χ4v) is 5.65. The lowest BCUT2D eigenvalue weighted by atomic mass is 10.1. The summed E-state index contributed by atoms with van der Waals surface area (Å²) in [6, 6.07) is 18.6. The van der Waals surface area contributed by atoms with Gasteiger partial charge in [-0.15, -0.1) is 11.3 Å². The number of ketones is 1. The fourth-order valence-electron chi connectivity index (χ4n) is 3.04. The Morgan fingerprint density at radius 2 is 1.77 bits per heavy atom. The number of nitrogens with one attached hydrogen (secondary N) is 1. The number of sulfonamides is 1. The van der Waals surface area contributed by atoms with Gasteiger partial charge >= 0.3 is 0 Å². The minimum atomic E-state index is -3.36. The van der Waals surface area contributed by atoms with Crippen LogP contribution >= 0.6 is 23.1 Å². The quantitative estimate of drug-likeness (QED) is 0.230. The van der Waals surface area contributed by atoms with Gasteiger partial charge in [0.1, 0.15) is 16.2 Å². The molecule has 0 amide bonds. The lowest BCUT2D eigenvalue weighted by molar-refractivity contribution is 0.0994. The number of thioether (sulfide) groups is 1. The topological polar surface area (TPSA) is 89.0 Å². The van der Waals surface area contributed by atoms with Gasteiger partial charge in [0.05, 0.1) is 11.5 Å². The summed E-state index contributed by atoms with van der Waals surface area (Å²) in [6.07, 6.45) is 2.61. The van der Waals surface area contributed by atoms with Crippen molar-refractivity contribution in [3.8, 4) is 10.4 Å². The molecule has 0 aliphatic rings. The summed E-state index contributed by atoms with van der Waals surface area (Å²) in [4.78, 5) is 23.7. The van der Waals surface area contributed by atoms with Crippen molar-refractivity contribution in [2.45, 2.75) is 17.2 Å². The monoisotopic (exact) mass is 469 g/mol. The van der Waals surface area contributed by atoms with E-state index in [1.807, 2.05) is 25.1 Å². The van der Waals surface area contributed by atoms with Gasteiger partial charge in [-0.05, 0) is 42.8 Å². The van der Waals surface area contributed by atoms with Crippen LogP contribution in [0.4, 0.5) is 5.69 Å². The molecule has 0 radical (unpaired) electrons. The molecule has 0 spiro atoms. The second-order valence-electron chi connectivity index (χ2n) is 6.95. The molecule has 2 aromatic carbocycles. The van der Waals surface area contributed by atoms with Gasteiger partial charge < -0.3 is 0 Å². The molecule has 0 fully saturated rings. The first-order valence-electron chi connectivity index (χ1n) is 9.39. The van der Waals surface area contributed by atoms with E-state index in [0.29, 0.717) is 11.3 Å². The molecular formula is C22H19N3O3S3. The van der Waals surface area contributed by atoms with E-state index in [4.69, 9.17) is 0 Å². The largest absolute Gasteiger partial charge is 0.293 e. The Balaban J connectivity index is 1.54. The van der Waals surface area contributed by atoms with Crippen molar-refractivity contribution in [3.05, 3.63) is 72.6 Å². The third-order valence-corrected chi connectivity index (χ3v) is 7.30. The summed E-state index contributed by atoms with van der Waals surface area (Å²) in [7, 11) is -3.36. The summed E-state index contributed by atoms with van der Waals surface area (Å²) < 4.78 is 25.1. The molecule has 4 aromatic rings. The fraction of sp³-hybridized carbons (Fsp3) is 0.136. The molecule has 0 saturated carbocycles. The molecule has 0 aliphatic carbocycles. The molecular weight excluding hydrogens is 450 g/mol. The summed E-state index contributed by atoms with van der Waals surface area (Å²) in [5.41, 5.74) is 2.05. The Morgan fingerprint density at radius 1 is 1.06 bits per heavy atom. The smallest absolute Gasteiger partial charge is 0.229 e. The number of thiophene rings is 1. The van der Waals surface area contributed by atoms with E-state index in [1.165, 1.54) is 18.1 Å². The number of nitrogens with zero attached hydrogens (tertiary/aromatic N) is 2. The van der Waals surface area contributed by atoms with Crippen LogP contribution in [0.3, 0.4) is 0 Å². The van der Waals surface area contributed by atoms with Gasteiger partial charge in [-0.25, -0.2) is 18.4 Å². The number of Topliss-reactive ketones (excluding diaryl/α,β-unsaturated/α-hetero) is 1. The highest BCUT2D eigenvalue weighted by atomic mass is 32.2. The molecule has 158 valence electrons. The van der Waals surface area contributed by atoms with E-state index in [9.17, 15) is 13.2 Å². The molecule has 4 rings (SSSR count). The SMILES string of the molecule is CC(Sc1ncnc2sc(-c3ccccc3)cc12)C(=O)c1ccc(NS(C)(=O)=O)cc1. The highest BCUT2D eigenvalue weighted by molar-refractivity contribution is 8.00. The third kappa shape index (κ3) is 5.12. The zero-order valence-electron chi connectivity index (χ0n) is 16.8. The maximum absolute atomic E-state index is 12.9. The van der Waals surface area contributed by atoms with Gasteiger partial charge in [-0.1, -0.05) is 42.1 Å². The predicted molar refractivity (Wildman–Crippen MR) is 127 cm³/mol. The number of carbonyl (C=O) groups is 1. The Labute approximate surface area is 188 Å². The van der Waals surface area contributed by atoms with Crippen LogP contribution in [0.25, 0.3) is 20.7 Å². The van der Waals surface area contributed by atoms with E-state index in [-0.39, 0.29) is 11.0 Å². The first-order valence-corrected chi connectivity index (χ1v) is 13.0. The van der Waals surface area contributed by atoms with E-state index in [2.05, 4.69) is 32.9 Å². The summed E-state index contributed by atoms with van der Waals surface area (Å²) in [5.74, 6) is -0.0545. The molecule has 2 heterocycles. The van der Waals surface area contributed by atoms with E-state index in [0.717, 1.165) is 31.9 Å². The summed E-state index contributed by atoms with van der Waals surface area (Å²) in [5, 5.41) is 1.33. The summed E-state index contributed by atoms with van der Waals surface area (Å²) in [6.45, 7) is 1.84. The van der Waals surface area contributed by atoms with Crippen molar-refractivity contribution in [1.29, 1.82) is 0 Å². The average Bonchev–Trinajstić information content (AvgIpc) is 3.19. The van der Waals surface area contributed by atoms with Crippen LogP contribution in [-0.4, -0.2) is 35.7 Å². The second kappa shape index (κ2) is 8.78. The number of carbonyl (C=O) groups excluding carboxylic acids is 1. The summed E-state index contributed by atoms with van der Waals surface area (Å²) >= 11 is 2.99. The average molecular weight is 470 g/mol. The Kier molecular flexibility index (Phi) is 6.08. The van der Waals surface area contributed by atoms with Crippen molar-refractivity contribution >= 4 is 54.8 Å². The maximum Gasteiger partial charge on any atom is 0.229 e. The standard InChI is InChI=1S/C22H19N3O3S3/c1-14(20(26)16-8-10-17(11-9-16)25-31(2,27)28)29-21-18-12-19(15-6-4-3-5-7-15)30-22(18)24-13-23-21/h3-14,25H,1-2H3. The third-order valence-electron chi connectivity index (χ3n) is 4.48. The number of fused-ring (bicyclic) bond motifs is 1. The van der Waals surface area contributed by atoms with Gasteiger partial charge in [-0.2, -0.15) is 0 Å². The molecule has 0 saturated heterocycles. The first kappa shape index (κ1) is 21.5. The molecule has 0 bridgehead atoms. The second-order valence-corrected chi connectivity index (χ2v) is 11.1. The molecule has 31 heavy (non-hydrogen) atoms. The molecule has 0 aliphatic heterocycles. The van der Waals surface area contributed by atoms with E-state index < -0.39 is 10.0 Å². The molecule has 6 nitrogen and oxygen atoms in total. The Hall–Kier alpha value is -2.75. The zero-order valence-corrected chi connectivity index (χ0v) is 19.2. The Morgan fingerprint density at radius 3 is 2.45 bits per heavy atom. The number of hydrogen-bond donors (Lipinski definition) is 1. The van der Waals surface area contributed by atoms with Gasteiger partial charge in [0, 0.05) is 21.5 Å². The van der Waals surface area contributed by atoms with Crippen LogP contribution in [0.15, 0.2) is 72.0 Å². The number of anilines is 1. The van der Waals surface area contributed by atoms with Crippen molar-refractivity contribution in [2.24, 2.45) is 0 Å². The van der Waals surface area contributed by atoms with Gasteiger partial charge in [0.25, 0.3) is 0 Å². The molecule has 1 atom stereocenters. The minimum absolute atomic E-state index is 0.0545. The molecule has 9 heteroatoms. The zero-order chi connectivity index (χ0) is 22.0. The van der Waals surface area contributed by atoms with Crippen molar-refractivity contribution in [1.82, 2.24) is 9.97 Å². The van der Waals surface area contributed by atoms with Gasteiger partial charge in [0.15, 0.2) is 5.78 Å². The first-order chi connectivity index (χ1) is 14.8. The van der Waals surface area contributed by atoms with Crippen molar-refractivity contribution in [2.75, 3.05) is 11.0 Å². The molecule has 2 aromatic heterocycles. The van der Waals surface area contributed by atoms with Crippen molar-refractivity contribution < 1.29 is 13.2 Å². The lowest BCUT2D eigenvalue weighted by Crippen LogP contribution is -2.14.